The summed E-state index contributed by atoms with van der Waals surface area (Å²) in [5.41, 5.74) is 1.70. The number of anilines is 1. The van der Waals surface area contributed by atoms with Crippen molar-refractivity contribution in [3.8, 4) is 11.4 Å². The van der Waals surface area contributed by atoms with Crippen molar-refractivity contribution >= 4 is 28.8 Å². The van der Waals surface area contributed by atoms with E-state index in [1.807, 2.05) is 44.2 Å². The molecular weight excluding hydrogens is 314 g/mol. The number of nitrogens with zero attached hydrogens (tertiary/aromatic N) is 2. The third-order valence-electron chi connectivity index (χ3n) is 4.43. The molecule has 3 aromatic rings. The Morgan fingerprint density at radius 1 is 1.16 bits per heavy atom. The van der Waals surface area contributed by atoms with E-state index in [-0.39, 0.29) is 5.63 Å². The van der Waals surface area contributed by atoms with Crippen LogP contribution in [0.3, 0.4) is 0 Å². The smallest absolute Gasteiger partial charge is 0.347 e. The van der Waals surface area contributed by atoms with Gasteiger partial charge in [0.15, 0.2) is 0 Å². The number of aromatic nitrogens is 2. The summed E-state index contributed by atoms with van der Waals surface area (Å²) in [6, 6.07) is 7.80. The maximum atomic E-state index is 12.5. The SMILES string of the molecule is C/C=c1/nc(-c2cc3ccc(N(CC)CC)cc3oc2=O)[nH]/c1=C/C. The van der Waals surface area contributed by atoms with E-state index in [2.05, 4.69) is 34.8 Å². The average Bonchev–Trinajstić information content (AvgIpc) is 3.05. The Morgan fingerprint density at radius 2 is 1.92 bits per heavy atom. The summed E-state index contributed by atoms with van der Waals surface area (Å²) in [6.45, 7) is 9.88. The largest absolute Gasteiger partial charge is 0.422 e. The summed E-state index contributed by atoms with van der Waals surface area (Å²) in [5, 5.41) is 2.61. The fraction of sp³-hybridized carbons (Fsp3) is 0.300. The Kier molecular flexibility index (Phi) is 4.74. The number of fused-ring (bicyclic) bond motifs is 1. The Hall–Kier alpha value is -2.82. The number of H-pyrrole nitrogens is 1. The number of imidazole rings is 1. The highest BCUT2D eigenvalue weighted by atomic mass is 16.4. The van der Waals surface area contributed by atoms with Crippen LogP contribution in [0.4, 0.5) is 5.69 Å². The summed E-state index contributed by atoms with van der Waals surface area (Å²) < 4.78 is 5.58. The first-order valence-corrected chi connectivity index (χ1v) is 8.63. The number of hydrogen-bond donors (Lipinski definition) is 1. The van der Waals surface area contributed by atoms with Crippen LogP contribution < -0.4 is 21.2 Å². The van der Waals surface area contributed by atoms with Crippen molar-refractivity contribution in [3.63, 3.8) is 0 Å². The Morgan fingerprint density at radius 3 is 2.52 bits per heavy atom. The third-order valence-corrected chi connectivity index (χ3v) is 4.43. The van der Waals surface area contributed by atoms with Crippen molar-refractivity contribution in [2.75, 3.05) is 18.0 Å². The Labute approximate surface area is 146 Å². The monoisotopic (exact) mass is 337 g/mol. The van der Waals surface area contributed by atoms with Gasteiger partial charge in [-0.2, -0.15) is 0 Å². The molecule has 3 rings (SSSR count). The molecule has 5 nitrogen and oxygen atoms in total. The molecule has 130 valence electrons. The van der Waals surface area contributed by atoms with E-state index in [1.54, 1.807) is 0 Å². The zero-order valence-corrected chi connectivity index (χ0v) is 15.1. The zero-order valence-electron chi connectivity index (χ0n) is 15.1. The molecule has 0 spiro atoms. The maximum absolute atomic E-state index is 12.5. The van der Waals surface area contributed by atoms with Gasteiger partial charge in [0.2, 0.25) is 0 Å². The molecule has 0 aliphatic carbocycles. The number of rotatable bonds is 4. The van der Waals surface area contributed by atoms with Crippen LogP contribution >= 0.6 is 0 Å². The highest BCUT2D eigenvalue weighted by Gasteiger charge is 2.12. The van der Waals surface area contributed by atoms with Gasteiger partial charge in [-0.05, 0) is 45.9 Å². The molecule has 1 N–H and O–H groups in total. The lowest BCUT2D eigenvalue weighted by Crippen LogP contribution is -2.23. The molecule has 0 atom stereocenters. The molecule has 1 aromatic carbocycles. The fourth-order valence-corrected chi connectivity index (χ4v) is 3.02. The van der Waals surface area contributed by atoms with Gasteiger partial charge in [-0.25, -0.2) is 9.78 Å². The molecule has 0 saturated heterocycles. The normalized spacial score (nSPS) is 13.0. The summed E-state index contributed by atoms with van der Waals surface area (Å²) in [5.74, 6) is 0.532. The van der Waals surface area contributed by atoms with Gasteiger partial charge in [0.25, 0.3) is 0 Å². The van der Waals surface area contributed by atoms with E-state index in [1.165, 1.54) is 0 Å². The topological polar surface area (TPSA) is 62.1 Å². The van der Waals surface area contributed by atoms with Crippen LogP contribution in [-0.2, 0) is 0 Å². The van der Waals surface area contributed by atoms with Crippen LogP contribution in [0.2, 0.25) is 0 Å². The standard InChI is InChI=1S/C20H23N3O2/c1-5-16-17(6-2)22-19(21-16)15-11-13-9-10-14(23(7-3)8-4)12-18(13)25-20(15)24/h5-6,9-12H,7-8H2,1-4H3,(H,21,22)/b16-5+,17-6+. The van der Waals surface area contributed by atoms with Gasteiger partial charge >= 0.3 is 5.63 Å². The van der Waals surface area contributed by atoms with Crippen molar-refractivity contribution in [1.82, 2.24) is 9.97 Å². The molecule has 0 aliphatic heterocycles. The van der Waals surface area contributed by atoms with Crippen LogP contribution in [0.15, 0.2) is 33.5 Å². The second kappa shape index (κ2) is 6.97. The minimum Gasteiger partial charge on any atom is -0.422 e. The average molecular weight is 337 g/mol. The van der Waals surface area contributed by atoms with Gasteiger partial charge in [0.05, 0.1) is 10.7 Å². The summed E-state index contributed by atoms with van der Waals surface area (Å²) in [7, 11) is 0. The van der Waals surface area contributed by atoms with E-state index in [4.69, 9.17) is 4.42 Å². The highest BCUT2D eigenvalue weighted by molar-refractivity contribution is 5.83. The summed E-state index contributed by atoms with van der Waals surface area (Å²) in [6.07, 6.45) is 3.85. The molecule has 2 aromatic heterocycles. The number of aromatic amines is 1. The zero-order chi connectivity index (χ0) is 18.0. The second-order valence-electron chi connectivity index (χ2n) is 5.80. The number of benzene rings is 1. The number of nitrogens with one attached hydrogen (secondary N) is 1. The van der Waals surface area contributed by atoms with Gasteiger partial charge in [-0.1, -0.05) is 12.2 Å². The first kappa shape index (κ1) is 17.0. The van der Waals surface area contributed by atoms with E-state index >= 15 is 0 Å². The van der Waals surface area contributed by atoms with Crippen LogP contribution in [0.1, 0.15) is 27.7 Å². The van der Waals surface area contributed by atoms with E-state index < -0.39 is 0 Å². The first-order chi connectivity index (χ1) is 12.1. The van der Waals surface area contributed by atoms with Crippen molar-refractivity contribution in [2.45, 2.75) is 27.7 Å². The maximum Gasteiger partial charge on any atom is 0.347 e. The molecule has 0 saturated carbocycles. The van der Waals surface area contributed by atoms with E-state index in [9.17, 15) is 4.79 Å². The van der Waals surface area contributed by atoms with Crippen molar-refractivity contribution < 1.29 is 4.42 Å². The summed E-state index contributed by atoms with van der Waals surface area (Å²) in [4.78, 5) is 22.4. The van der Waals surface area contributed by atoms with E-state index in [0.29, 0.717) is 17.0 Å². The predicted octanol–water partition coefficient (Wildman–Crippen LogP) is 2.63. The molecule has 0 bridgehead atoms. The van der Waals surface area contributed by atoms with Gasteiger partial charge in [0, 0.05) is 30.2 Å². The number of hydrogen-bond acceptors (Lipinski definition) is 4. The molecule has 2 heterocycles. The van der Waals surface area contributed by atoms with Crippen molar-refractivity contribution in [1.29, 1.82) is 0 Å². The molecule has 0 unspecified atom stereocenters. The molecule has 0 amide bonds. The fourth-order valence-electron chi connectivity index (χ4n) is 3.02. The molecule has 0 fully saturated rings. The van der Waals surface area contributed by atoms with Gasteiger partial charge in [-0.15, -0.1) is 0 Å². The van der Waals surface area contributed by atoms with Gasteiger partial charge in [0.1, 0.15) is 17.0 Å². The first-order valence-electron chi connectivity index (χ1n) is 8.63. The van der Waals surface area contributed by atoms with Crippen LogP contribution in [0, 0.1) is 0 Å². The van der Waals surface area contributed by atoms with Crippen LogP contribution in [0.25, 0.3) is 34.5 Å². The lowest BCUT2D eigenvalue weighted by atomic mass is 10.1. The molecule has 0 aliphatic rings. The molecule has 25 heavy (non-hydrogen) atoms. The van der Waals surface area contributed by atoms with Crippen LogP contribution in [0.5, 0.6) is 0 Å². The lowest BCUT2D eigenvalue weighted by molar-refractivity contribution is 0.562. The van der Waals surface area contributed by atoms with Crippen molar-refractivity contribution in [3.05, 3.63) is 45.4 Å². The Bertz CT molecular complexity index is 1040. The lowest BCUT2D eigenvalue weighted by Gasteiger charge is -2.20. The minimum absolute atomic E-state index is 0.386. The molecular formula is C20H23N3O2. The molecule has 0 radical (unpaired) electrons. The Balaban J connectivity index is 2.16. The van der Waals surface area contributed by atoms with Gasteiger partial charge < -0.3 is 14.3 Å². The van der Waals surface area contributed by atoms with Gasteiger partial charge in [-0.3, -0.25) is 0 Å². The van der Waals surface area contributed by atoms with E-state index in [0.717, 1.165) is 34.9 Å². The molecule has 5 heteroatoms. The van der Waals surface area contributed by atoms with Crippen molar-refractivity contribution in [2.24, 2.45) is 0 Å². The summed E-state index contributed by atoms with van der Waals surface area (Å²) >= 11 is 0. The van der Waals surface area contributed by atoms with Crippen LogP contribution in [-0.4, -0.2) is 23.1 Å². The minimum atomic E-state index is -0.386. The predicted molar refractivity (Wildman–Crippen MR) is 103 cm³/mol. The second-order valence-corrected chi connectivity index (χ2v) is 5.80. The quantitative estimate of drug-likeness (QED) is 0.744. The highest BCUT2D eigenvalue weighted by Crippen LogP contribution is 2.23. The third kappa shape index (κ3) is 3.09.